The van der Waals surface area contributed by atoms with Crippen LogP contribution in [0.1, 0.15) is 11.3 Å². The fourth-order valence-electron chi connectivity index (χ4n) is 3.04. The maximum Gasteiger partial charge on any atom is 0.224 e. The Morgan fingerprint density at radius 1 is 1.19 bits per heavy atom. The molecule has 7 heteroatoms. The van der Waals surface area contributed by atoms with Gasteiger partial charge in [0.1, 0.15) is 5.82 Å². The summed E-state index contributed by atoms with van der Waals surface area (Å²) in [6, 6.07) is 10.0. The normalized spacial score (nSPS) is 10.8. The maximum atomic E-state index is 12.3. The Labute approximate surface area is 159 Å². The lowest BCUT2D eigenvalue weighted by Crippen LogP contribution is -2.30. The molecule has 0 saturated carbocycles. The van der Waals surface area contributed by atoms with Gasteiger partial charge in [0.15, 0.2) is 0 Å². The van der Waals surface area contributed by atoms with Crippen LogP contribution >= 0.6 is 0 Å². The number of carbonyl (C=O) groups excluding carboxylic acids is 1. The Hall–Kier alpha value is -3.09. The molecular weight excluding hydrogens is 340 g/mol. The summed E-state index contributed by atoms with van der Waals surface area (Å²) in [5.41, 5.74) is 3.07. The molecule has 0 saturated heterocycles. The molecule has 0 bridgehead atoms. The highest BCUT2D eigenvalue weighted by Crippen LogP contribution is 2.20. The second kappa shape index (κ2) is 8.07. The summed E-state index contributed by atoms with van der Waals surface area (Å²) in [4.78, 5) is 23.0. The van der Waals surface area contributed by atoms with E-state index in [1.165, 1.54) is 0 Å². The third-order valence-corrected chi connectivity index (χ3v) is 4.36. The molecule has 1 amide bonds. The second-order valence-electron chi connectivity index (χ2n) is 6.82. The van der Waals surface area contributed by atoms with E-state index in [9.17, 15) is 4.79 Å². The number of nitrogens with one attached hydrogen (secondary N) is 2. The molecule has 142 valence electrons. The fraction of sp³-hybridized carbons (Fsp3) is 0.350. The van der Waals surface area contributed by atoms with Gasteiger partial charge in [-0.15, -0.1) is 0 Å². The van der Waals surface area contributed by atoms with E-state index >= 15 is 0 Å². The smallest absolute Gasteiger partial charge is 0.224 e. The lowest BCUT2D eigenvalue weighted by atomic mass is 10.1. The van der Waals surface area contributed by atoms with Crippen molar-refractivity contribution in [3.05, 3.63) is 47.8 Å². The van der Waals surface area contributed by atoms with Gasteiger partial charge in [-0.05, 0) is 18.6 Å². The molecule has 0 fully saturated rings. The van der Waals surface area contributed by atoms with Crippen molar-refractivity contribution < 1.29 is 4.79 Å². The van der Waals surface area contributed by atoms with E-state index in [1.54, 1.807) is 0 Å². The first-order chi connectivity index (χ1) is 12.9. The molecular formula is C20H26N6O. The van der Waals surface area contributed by atoms with Gasteiger partial charge < -0.3 is 20.1 Å². The number of rotatable bonds is 7. The molecule has 1 aromatic carbocycles. The van der Waals surface area contributed by atoms with Crippen LogP contribution in [0.3, 0.4) is 0 Å². The number of hydrogen-bond donors (Lipinski definition) is 2. The summed E-state index contributed by atoms with van der Waals surface area (Å²) >= 11 is 0. The zero-order valence-electron chi connectivity index (χ0n) is 16.3. The van der Waals surface area contributed by atoms with Crippen LogP contribution in [0.4, 0.5) is 11.8 Å². The molecule has 0 aliphatic rings. The minimum absolute atomic E-state index is 0.00675. The van der Waals surface area contributed by atoms with Gasteiger partial charge in [-0.25, -0.2) is 4.98 Å². The second-order valence-corrected chi connectivity index (χ2v) is 6.82. The van der Waals surface area contributed by atoms with Crippen LogP contribution in [-0.2, 0) is 18.3 Å². The van der Waals surface area contributed by atoms with Crippen molar-refractivity contribution in [3.8, 4) is 0 Å². The number of carbonyl (C=O) groups is 1. The molecule has 2 aromatic heterocycles. The standard InChI is InChI=1S/C20H26N6O/c1-14-11-18(25(2)3)24-20(23-14)22-10-9-21-19(27)12-15-13-26(4)17-8-6-5-7-16(15)17/h5-8,11,13H,9-10,12H2,1-4H3,(H,21,27)(H,22,23,24). The first-order valence-electron chi connectivity index (χ1n) is 9.00. The third kappa shape index (κ3) is 4.55. The highest BCUT2D eigenvalue weighted by atomic mass is 16.1. The molecule has 7 nitrogen and oxygen atoms in total. The third-order valence-electron chi connectivity index (χ3n) is 4.36. The summed E-state index contributed by atoms with van der Waals surface area (Å²) in [6.45, 7) is 3.02. The highest BCUT2D eigenvalue weighted by molar-refractivity contribution is 5.89. The predicted molar refractivity (Wildman–Crippen MR) is 109 cm³/mol. The van der Waals surface area contributed by atoms with Gasteiger partial charge in [-0.2, -0.15) is 4.98 Å². The monoisotopic (exact) mass is 366 g/mol. The zero-order chi connectivity index (χ0) is 19.4. The molecule has 0 atom stereocenters. The van der Waals surface area contributed by atoms with Crippen molar-refractivity contribution in [2.75, 3.05) is 37.4 Å². The number of benzene rings is 1. The average molecular weight is 366 g/mol. The quantitative estimate of drug-likeness (QED) is 0.627. The lowest BCUT2D eigenvalue weighted by molar-refractivity contribution is -0.120. The fourth-order valence-corrected chi connectivity index (χ4v) is 3.04. The average Bonchev–Trinajstić information content (AvgIpc) is 2.94. The molecule has 0 spiro atoms. The van der Waals surface area contributed by atoms with Crippen molar-refractivity contribution in [3.63, 3.8) is 0 Å². The SMILES string of the molecule is Cc1cc(N(C)C)nc(NCCNC(=O)Cc2cn(C)c3ccccc23)n1. The van der Waals surface area contributed by atoms with Crippen molar-refractivity contribution >= 4 is 28.6 Å². The van der Waals surface area contributed by atoms with Crippen LogP contribution in [0.2, 0.25) is 0 Å². The molecule has 0 unspecified atom stereocenters. The van der Waals surface area contributed by atoms with Gasteiger partial charge in [-0.1, -0.05) is 18.2 Å². The number of hydrogen-bond acceptors (Lipinski definition) is 5. The molecule has 27 heavy (non-hydrogen) atoms. The summed E-state index contributed by atoms with van der Waals surface area (Å²) in [6.07, 6.45) is 2.39. The minimum Gasteiger partial charge on any atom is -0.363 e. The van der Waals surface area contributed by atoms with Crippen molar-refractivity contribution in [2.24, 2.45) is 7.05 Å². The van der Waals surface area contributed by atoms with Crippen LogP contribution < -0.4 is 15.5 Å². The van der Waals surface area contributed by atoms with Crippen molar-refractivity contribution in [2.45, 2.75) is 13.3 Å². The molecule has 3 aromatic rings. The Bertz CT molecular complexity index is 947. The van der Waals surface area contributed by atoms with Gasteiger partial charge in [0, 0.05) is 63.1 Å². The summed E-state index contributed by atoms with van der Waals surface area (Å²) in [5, 5.41) is 7.24. The zero-order valence-corrected chi connectivity index (χ0v) is 16.3. The molecule has 3 rings (SSSR count). The molecule has 2 heterocycles. The maximum absolute atomic E-state index is 12.3. The van der Waals surface area contributed by atoms with E-state index in [4.69, 9.17) is 0 Å². The molecule has 0 radical (unpaired) electrons. The van der Waals surface area contributed by atoms with Crippen LogP contribution in [0.25, 0.3) is 10.9 Å². The van der Waals surface area contributed by atoms with Crippen LogP contribution in [-0.4, -0.2) is 47.6 Å². The Balaban J connectivity index is 1.51. The molecule has 2 N–H and O–H groups in total. The number of nitrogens with zero attached hydrogens (tertiary/aromatic N) is 4. The number of fused-ring (bicyclic) bond motifs is 1. The first-order valence-corrected chi connectivity index (χ1v) is 9.00. The summed E-state index contributed by atoms with van der Waals surface area (Å²) in [5.74, 6) is 1.43. The minimum atomic E-state index is 0.00675. The Kier molecular flexibility index (Phi) is 5.59. The summed E-state index contributed by atoms with van der Waals surface area (Å²) < 4.78 is 2.05. The number of anilines is 2. The van der Waals surface area contributed by atoms with E-state index in [1.807, 2.05) is 57.4 Å². The number of aromatic nitrogens is 3. The van der Waals surface area contributed by atoms with E-state index in [2.05, 4.69) is 37.3 Å². The largest absolute Gasteiger partial charge is 0.363 e. The van der Waals surface area contributed by atoms with Gasteiger partial charge in [-0.3, -0.25) is 4.79 Å². The number of amides is 1. The van der Waals surface area contributed by atoms with Crippen molar-refractivity contribution in [1.82, 2.24) is 19.9 Å². The van der Waals surface area contributed by atoms with Crippen LogP contribution in [0, 0.1) is 6.92 Å². The molecule has 0 aliphatic carbocycles. The van der Waals surface area contributed by atoms with E-state index in [0.29, 0.717) is 25.5 Å². The van der Waals surface area contributed by atoms with Gasteiger partial charge in [0.2, 0.25) is 11.9 Å². The van der Waals surface area contributed by atoms with Crippen molar-refractivity contribution in [1.29, 1.82) is 0 Å². The van der Waals surface area contributed by atoms with E-state index in [-0.39, 0.29) is 5.91 Å². The summed E-state index contributed by atoms with van der Waals surface area (Å²) in [7, 11) is 5.88. The predicted octanol–water partition coefficient (Wildman–Crippen LogP) is 2.11. The van der Waals surface area contributed by atoms with E-state index in [0.717, 1.165) is 28.0 Å². The molecule has 0 aliphatic heterocycles. The van der Waals surface area contributed by atoms with Gasteiger partial charge >= 0.3 is 0 Å². The van der Waals surface area contributed by atoms with Crippen LogP contribution in [0.5, 0.6) is 0 Å². The van der Waals surface area contributed by atoms with E-state index < -0.39 is 0 Å². The Morgan fingerprint density at radius 2 is 1.96 bits per heavy atom. The topological polar surface area (TPSA) is 75.1 Å². The first kappa shape index (κ1) is 18.7. The number of para-hydroxylation sites is 1. The van der Waals surface area contributed by atoms with Crippen LogP contribution in [0.15, 0.2) is 36.5 Å². The Morgan fingerprint density at radius 3 is 2.74 bits per heavy atom. The number of aryl methyl sites for hydroxylation is 2. The van der Waals surface area contributed by atoms with Gasteiger partial charge in [0.25, 0.3) is 0 Å². The lowest BCUT2D eigenvalue weighted by Gasteiger charge is -2.14. The van der Waals surface area contributed by atoms with Gasteiger partial charge in [0.05, 0.1) is 6.42 Å². The highest BCUT2D eigenvalue weighted by Gasteiger charge is 2.10.